The number of benzene rings is 1. The van der Waals surface area contributed by atoms with Crippen molar-refractivity contribution in [3.05, 3.63) is 34.8 Å². The summed E-state index contributed by atoms with van der Waals surface area (Å²) in [6.45, 7) is 0.622. The van der Waals surface area contributed by atoms with E-state index >= 15 is 0 Å². The Kier molecular flexibility index (Phi) is 4.81. The summed E-state index contributed by atoms with van der Waals surface area (Å²) in [7, 11) is 0. The van der Waals surface area contributed by atoms with Crippen LogP contribution in [0.4, 0.5) is 11.4 Å². The van der Waals surface area contributed by atoms with Crippen LogP contribution in [0.15, 0.2) is 24.8 Å². The molecular weight excluding hydrogens is 301 g/mol. The van der Waals surface area contributed by atoms with Crippen molar-refractivity contribution >= 4 is 40.5 Å². The third kappa shape index (κ3) is 3.85. The van der Waals surface area contributed by atoms with Gasteiger partial charge in [0.2, 0.25) is 5.91 Å². The van der Waals surface area contributed by atoms with Crippen LogP contribution < -0.4 is 11.1 Å². The number of nitrogens with two attached hydrogens (primary N) is 1. The average molecular weight is 314 g/mol. The summed E-state index contributed by atoms with van der Waals surface area (Å²) in [5, 5.41) is 7.27. The van der Waals surface area contributed by atoms with Crippen LogP contribution in [0.5, 0.6) is 0 Å². The summed E-state index contributed by atoms with van der Waals surface area (Å²) in [4.78, 5) is 15.6. The molecule has 1 heterocycles. The third-order valence-corrected chi connectivity index (χ3v) is 3.18. The summed E-state index contributed by atoms with van der Waals surface area (Å²) < 4.78 is 1.66. The molecule has 0 aliphatic heterocycles. The van der Waals surface area contributed by atoms with E-state index in [1.165, 1.54) is 6.33 Å². The van der Waals surface area contributed by atoms with E-state index in [1.807, 2.05) is 0 Å². The van der Waals surface area contributed by atoms with Crippen LogP contribution in [0.1, 0.15) is 12.8 Å². The molecule has 6 nitrogen and oxygen atoms in total. The lowest BCUT2D eigenvalue weighted by molar-refractivity contribution is -0.116. The van der Waals surface area contributed by atoms with E-state index in [0.717, 1.165) is 0 Å². The van der Waals surface area contributed by atoms with E-state index in [-0.39, 0.29) is 5.91 Å². The quantitative estimate of drug-likeness (QED) is 0.831. The van der Waals surface area contributed by atoms with Gasteiger partial charge in [-0.1, -0.05) is 23.2 Å². The molecule has 0 atom stereocenters. The monoisotopic (exact) mass is 313 g/mol. The van der Waals surface area contributed by atoms with E-state index in [1.54, 1.807) is 23.1 Å². The predicted octanol–water partition coefficient (Wildman–Crippen LogP) is 2.59. The summed E-state index contributed by atoms with van der Waals surface area (Å²) in [5.41, 5.74) is 6.43. The summed E-state index contributed by atoms with van der Waals surface area (Å²) in [6.07, 6.45) is 4.02. The molecule has 0 saturated heterocycles. The topological polar surface area (TPSA) is 85.8 Å². The molecule has 0 aliphatic carbocycles. The molecule has 0 unspecified atom stereocenters. The zero-order chi connectivity index (χ0) is 14.5. The maximum atomic E-state index is 11.8. The van der Waals surface area contributed by atoms with Crippen molar-refractivity contribution in [3.63, 3.8) is 0 Å². The van der Waals surface area contributed by atoms with Gasteiger partial charge in [0.15, 0.2) is 0 Å². The van der Waals surface area contributed by atoms with Crippen LogP contribution in [-0.2, 0) is 11.3 Å². The first-order chi connectivity index (χ1) is 9.56. The van der Waals surface area contributed by atoms with Gasteiger partial charge in [-0.05, 0) is 18.6 Å². The fraction of sp³-hybridized carbons (Fsp3) is 0.250. The first kappa shape index (κ1) is 14.6. The Balaban J connectivity index is 1.88. The largest absolute Gasteiger partial charge is 0.399 e. The van der Waals surface area contributed by atoms with Gasteiger partial charge in [-0.2, -0.15) is 5.10 Å². The van der Waals surface area contributed by atoms with Gasteiger partial charge >= 0.3 is 0 Å². The fourth-order valence-corrected chi connectivity index (χ4v) is 2.26. The smallest absolute Gasteiger partial charge is 0.224 e. The summed E-state index contributed by atoms with van der Waals surface area (Å²) >= 11 is 12.0. The number of amides is 1. The highest BCUT2D eigenvalue weighted by molar-refractivity contribution is 6.40. The van der Waals surface area contributed by atoms with Crippen molar-refractivity contribution in [1.29, 1.82) is 0 Å². The van der Waals surface area contributed by atoms with Gasteiger partial charge in [-0.3, -0.25) is 9.48 Å². The number of hydrogen-bond donors (Lipinski definition) is 2. The lowest BCUT2D eigenvalue weighted by Crippen LogP contribution is -2.13. The molecule has 0 saturated carbocycles. The molecule has 106 valence electrons. The van der Waals surface area contributed by atoms with Gasteiger partial charge in [0.25, 0.3) is 0 Å². The maximum absolute atomic E-state index is 11.8. The van der Waals surface area contributed by atoms with Crippen LogP contribution in [0.2, 0.25) is 10.0 Å². The fourth-order valence-electron chi connectivity index (χ4n) is 1.66. The van der Waals surface area contributed by atoms with Crippen molar-refractivity contribution in [2.24, 2.45) is 0 Å². The van der Waals surface area contributed by atoms with E-state index in [9.17, 15) is 4.79 Å². The molecule has 1 aromatic carbocycles. The van der Waals surface area contributed by atoms with Crippen LogP contribution >= 0.6 is 23.2 Å². The molecule has 8 heteroatoms. The molecule has 2 rings (SSSR count). The van der Waals surface area contributed by atoms with Crippen molar-refractivity contribution in [3.8, 4) is 0 Å². The molecule has 1 amide bonds. The van der Waals surface area contributed by atoms with Crippen molar-refractivity contribution in [1.82, 2.24) is 14.8 Å². The molecule has 20 heavy (non-hydrogen) atoms. The molecule has 0 radical (unpaired) electrons. The van der Waals surface area contributed by atoms with E-state index in [0.29, 0.717) is 40.8 Å². The molecular formula is C12H13Cl2N5O. The molecule has 0 bridgehead atoms. The minimum Gasteiger partial charge on any atom is -0.399 e. The lowest BCUT2D eigenvalue weighted by Gasteiger charge is -2.10. The van der Waals surface area contributed by atoms with Crippen LogP contribution in [0, 0.1) is 0 Å². The second-order valence-corrected chi connectivity index (χ2v) is 4.98. The second-order valence-electron chi connectivity index (χ2n) is 4.17. The molecule has 2 aromatic rings. The highest BCUT2D eigenvalue weighted by Crippen LogP contribution is 2.32. The number of carbonyl (C=O) groups is 1. The van der Waals surface area contributed by atoms with Crippen LogP contribution in [0.3, 0.4) is 0 Å². The molecule has 1 aromatic heterocycles. The standard InChI is InChI=1S/C12H13Cl2N5O/c13-9-4-8(15)5-10(14)12(9)18-11(20)2-1-3-19-7-16-6-17-19/h4-7H,1-3,15H2,(H,18,20). The number of nitrogens with one attached hydrogen (secondary N) is 1. The van der Waals surface area contributed by atoms with Crippen molar-refractivity contribution in [2.75, 3.05) is 11.1 Å². The Labute approximate surface area is 125 Å². The Bertz CT molecular complexity index is 577. The van der Waals surface area contributed by atoms with Gasteiger partial charge in [0.1, 0.15) is 12.7 Å². The molecule has 0 fully saturated rings. The van der Waals surface area contributed by atoms with Gasteiger partial charge in [-0.15, -0.1) is 0 Å². The van der Waals surface area contributed by atoms with Crippen molar-refractivity contribution in [2.45, 2.75) is 19.4 Å². The Hall–Kier alpha value is -1.79. The zero-order valence-electron chi connectivity index (χ0n) is 10.5. The van der Waals surface area contributed by atoms with E-state index in [2.05, 4.69) is 15.4 Å². The number of nitrogens with zero attached hydrogens (tertiary/aromatic N) is 3. The summed E-state index contributed by atoms with van der Waals surface area (Å²) in [5.74, 6) is -0.168. The number of rotatable bonds is 5. The number of aromatic nitrogens is 3. The highest BCUT2D eigenvalue weighted by atomic mass is 35.5. The second kappa shape index (κ2) is 6.58. The van der Waals surface area contributed by atoms with E-state index in [4.69, 9.17) is 28.9 Å². The van der Waals surface area contributed by atoms with Gasteiger partial charge in [0.05, 0.1) is 15.7 Å². The molecule has 0 spiro atoms. The molecule has 0 aliphatic rings. The Morgan fingerprint density at radius 1 is 1.35 bits per heavy atom. The third-order valence-electron chi connectivity index (χ3n) is 2.59. The maximum Gasteiger partial charge on any atom is 0.224 e. The van der Waals surface area contributed by atoms with Crippen LogP contribution in [0.25, 0.3) is 0 Å². The molecule has 3 N–H and O–H groups in total. The highest BCUT2D eigenvalue weighted by Gasteiger charge is 2.10. The predicted molar refractivity (Wildman–Crippen MR) is 78.8 cm³/mol. The first-order valence-corrected chi connectivity index (χ1v) is 6.68. The minimum absolute atomic E-state index is 0.168. The number of halogens is 2. The number of carbonyl (C=O) groups excluding carboxylic acids is 1. The van der Waals surface area contributed by atoms with Gasteiger partial charge in [-0.25, -0.2) is 4.98 Å². The first-order valence-electron chi connectivity index (χ1n) is 5.93. The number of anilines is 2. The Morgan fingerprint density at radius 3 is 2.65 bits per heavy atom. The van der Waals surface area contributed by atoms with Crippen molar-refractivity contribution < 1.29 is 4.79 Å². The van der Waals surface area contributed by atoms with Gasteiger partial charge < -0.3 is 11.1 Å². The number of aryl methyl sites for hydroxylation is 1. The average Bonchev–Trinajstić information content (AvgIpc) is 2.87. The summed E-state index contributed by atoms with van der Waals surface area (Å²) in [6, 6.07) is 3.08. The zero-order valence-corrected chi connectivity index (χ0v) is 12.0. The SMILES string of the molecule is Nc1cc(Cl)c(NC(=O)CCCn2cncn2)c(Cl)c1. The minimum atomic E-state index is -0.168. The number of nitrogen functional groups attached to an aromatic ring is 1. The van der Waals surface area contributed by atoms with E-state index < -0.39 is 0 Å². The van der Waals surface area contributed by atoms with Gasteiger partial charge in [0, 0.05) is 18.7 Å². The number of hydrogen-bond acceptors (Lipinski definition) is 4. The Morgan fingerprint density at radius 2 is 2.05 bits per heavy atom. The van der Waals surface area contributed by atoms with Crippen LogP contribution in [-0.4, -0.2) is 20.7 Å². The normalized spacial score (nSPS) is 10.5. The lowest BCUT2D eigenvalue weighted by atomic mass is 10.2.